The van der Waals surface area contributed by atoms with Crippen molar-refractivity contribution in [3.8, 4) is 0 Å². The summed E-state index contributed by atoms with van der Waals surface area (Å²) in [4.78, 5) is 29.5. The maximum absolute atomic E-state index is 12.4. The van der Waals surface area contributed by atoms with Crippen LogP contribution in [0.4, 0.5) is 0 Å². The summed E-state index contributed by atoms with van der Waals surface area (Å²) in [6, 6.07) is 0. The molecule has 0 aliphatic heterocycles. The summed E-state index contributed by atoms with van der Waals surface area (Å²) < 4.78 is 0.249. The molecule has 0 radical (unpaired) electrons. The van der Waals surface area contributed by atoms with E-state index in [1.807, 2.05) is 0 Å². The average Bonchev–Trinajstić information content (AvgIpc) is 2.82. The van der Waals surface area contributed by atoms with Gasteiger partial charge in [0, 0.05) is 5.57 Å². The SMILES string of the molecule is CCCCCCSC1=C(C)C(=O)c2sc(Cl)nc2C1=O. The normalized spacial score (nSPS) is 14.9. The quantitative estimate of drug-likeness (QED) is 0.706. The van der Waals surface area contributed by atoms with E-state index in [1.54, 1.807) is 6.92 Å². The van der Waals surface area contributed by atoms with Crippen LogP contribution in [0.3, 0.4) is 0 Å². The summed E-state index contributed by atoms with van der Waals surface area (Å²) in [5.74, 6) is 0.597. The molecule has 0 saturated carbocycles. The molecule has 6 heteroatoms. The Bertz CT molecular complexity index is 578. The van der Waals surface area contributed by atoms with Gasteiger partial charge in [0.2, 0.25) is 11.6 Å². The van der Waals surface area contributed by atoms with Crippen LogP contribution in [0, 0.1) is 0 Å². The molecule has 0 fully saturated rings. The van der Waals surface area contributed by atoms with Crippen LogP contribution in [0.1, 0.15) is 59.7 Å². The fourth-order valence-electron chi connectivity index (χ4n) is 2.03. The summed E-state index contributed by atoms with van der Waals surface area (Å²) in [5, 5.41) is 0. The molecule has 1 aromatic rings. The van der Waals surface area contributed by atoms with Crippen molar-refractivity contribution >= 4 is 46.3 Å². The van der Waals surface area contributed by atoms with E-state index in [-0.39, 0.29) is 21.7 Å². The Morgan fingerprint density at radius 2 is 1.95 bits per heavy atom. The van der Waals surface area contributed by atoms with Crippen molar-refractivity contribution in [3.63, 3.8) is 0 Å². The Labute approximate surface area is 131 Å². The van der Waals surface area contributed by atoms with Gasteiger partial charge in [0.25, 0.3) is 0 Å². The Hall–Kier alpha value is -0.650. The number of hydrogen-bond donors (Lipinski definition) is 0. The molecule has 1 aromatic heterocycles. The number of thiazole rings is 1. The Balaban J connectivity index is 2.10. The lowest BCUT2D eigenvalue weighted by molar-refractivity contribution is 0.0982. The fraction of sp³-hybridized carbons (Fsp3) is 0.500. The molecule has 1 aliphatic rings. The van der Waals surface area contributed by atoms with Crippen molar-refractivity contribution in [3.05, 3.63) is 25.5 Å². The molecule has 3 nitrogen and oxygen atoms in total. The minimum absolute atomic E-state index is 0.111. The number of nitrogens with zero attached hydrogens (tertiary/aromatic N) is 1. The minimum Gasteiger partial charge on any atom is -0.288 e. The molecule has 1 aliphatic carbocycles. The molecule has 0 unspecified atom stereocenters. The van der Waals surface area contributed by atoms with Gasteiger partial charge < -0.3 is 0 Å². The van der Waals surface area contributed by atoms with Crippen molar-refractivity contribution in [1.82, 2.24) is 4.98 Å². The van der Waals surface area contributed by atoms with Crippen LogP contribution in [0.2, 0.25) is 4.47 Å². The topological polar surface area (TPSA) is 47.0 Å². The zero-order valence-electron chi connectivity index (χ0n) is 11.5. The second-order valence-electron chi connectivity index (χ2n) is 4.67. The highest BCUT2D eigenvalue weighted by atomic mass is 35.5. The number of rotatable bonds is 6. The molecule has 108 valence electrons. The van der Waals surface area contributed by atoms with E-state index in [2.05, 4.69) is 11.9 Å². The smallest absolute Gasteiger partial charge is 0.219 e. The molecule has 2 rings (SSSR count). The van der Waals surface area contributed by atoms with E-state index < -0.39 is 0 Å². The number of fused-ring (bicyclic) bond motifs is 1. The Morgan fingerprint density at radius 1 is 1.20 bits per heavy atom. The highest BCUT2D eigenvalue weighted by molar-refractivity contribution is 8.04. The lowest BCUT2D eigenvalue weighted by atomic mass is 10.0. The lowest BCUT2D eigenvalue weighted by Crippen LogP contribution is -2.18. The molecular formula is C14H16ClNO2S2. The van der Waals surface area contributed by atoms with E-state index in [1.165, 1.54) is 24.6 Å². The largest absolute Gasteiger partial charge is 0.288 e. The van der Waals surface area contributed by atoms with Gasteiger partial charge in [0.05, 0.1) is 4.91 Å². The van der Waals surface area contributed by atoms with Gasteiger partial charge in [-0.05, 0) is 19.1 Å². The van der Waals surface area contributed by atoms with E-state index in [4.69, 9.17) is 11.6 Å². The van der Waals surface area contributed by atoms with Crippen LogP contribution in [0.5, 0.6) is 0 Å². The third-order valence-electron chi connectivity index (χ3n) is 3.15. The monoisotopic (exact) mass is 329 g/mol. The van der Waals surface area contributed by atoms with E-state index in [9.17, 15) is 9.59 Å². The lowest BCUT2D eigenvalue weighted by Gasteiger charge is -2.14. The van der Waals surface area contributed by atoms with Gasteiger partial charge in [0.1, 0.15) is 10.6 Å². The maximum Gasteiger partial charge on any atom is 0.219 e. The molecule has 0 spiro atoms. The first-order valence-corrected chi connectivity index (χ1v) is 8.83. The fourth-order valence-corrected chi connectivity index (χ4v) is 4.22. The number of Topliss-reactive ketones (excluding diaryl/α,β-unsaturated/α-hetero) is 2. The van der Waals surface area contributed by atoms with Crippen molar-refractivity contribution in [2.24, 2.45) is 0 Å². The minimum atomic E-state index is -0.152. The number of aromatic nitrogens is 1. The molecule has 0 bridgehead atoms. The summed E-state index contributed by atoms with van der Waals surface area (Å²) >= 11 is 8.37. The predicted molar refractivity (Wildman–Crippen MR) is 85.1 cm³/mol. The van der Waals surface area contributed by atoms with E-state index in [0.717, 1.165) is 29.9 Å². The number of thioether (sulfide) groups is 1. The van der Waals surface area contributed by atoms with Gasteiger partial charge in [-0.2, -0.15) is 0 Å². The van der Waals surface area contributed by atoms with Gasteiger partial charge in [0.15, 0.2) is 4.47 Å². The summed E-state index contributed by atoms with van der Waals surface area (Å²) in [7, 11) is 0. The van der Waals surface area contributed by atoms with Crippen LogP contribution in [0.15, 0.2) is 10.5 Å². The van der Waals surface area contributed by atoms with Crippen LogP contribution >= 0.6 is 34.7 Å². The number of unbranched alkanes of at least 4 members (excludes halogenated alkanes) is 3. The zero-order valence-corrected chi connectivity index (χ0v) is 13.9. The van der Waals surface area contributed by atoms with Gasteiger partial charge in [-0.3, -0.25) is 9.59 Å². The predicted octanol–water partition coefficient (Wildman–Crippen LogP) is 4.76. The average molecular weight is 330 g/mol. The third-order valence-corrected chi connectivity index (χ3v) is 5.59. The maximum atomic E-state index is 12.4. The van der Waals surface area contributed by atoms with E-state index in [0.29, 0.717) is 15.4 Å². The summed E-state index contributed by atoms with van der Waals surface area (Å²) in [6.07, 6.45) is 4.61. The number of carbonyl (C=O) groups is 2. The molecule has 0 atom stereocenters. The van der Waals surface area contributed by atoms with Crippen LogP contribution < -0.4 is 0 Å². The number of halogens is 1. The Kier molecular flexibility index (Phi) is 5.41. The van der Waals surface area contributed by atoms with Gasteiger partial charge in [-0.25, -0.2) is 4.98 Å². The number of carbonyl (C=O) groups excluding carboxylic acids is 2. The van der Waals surface area contributed by atoms with Gasteiger partial charge >= 0.3 is 0 Å². The number of allylic oxidation sites excluding steroid dienone is 2. The first-order chi connectivity index (χ1) is 9.56. The second-order valence-corrected chi connectivity index (χ2v) is 7.35. The van der Waals surface area contributed by atoms with Crippen LogP contribution in [0.25, 0.3) is 0 Å². The number of ketones is 2. The van der Waals surface area contributed by atoms with Crippen molar-refractivity contribution < 1.29 is 9.59 Å². The molecule has 0 saturated heterocycles. The van der Waals surface area contributed by atoms with Gasteiger partial charge in [-0.1, -0.05) is 49.1 Å². The first-order valence-electron chi connectivity index (χ1n) is 6.65. The number of hydrogen-bond acceptors (Lipinski definition) is 5. The molecule has 0 N–H and O–H groups in total. The third kappa shape index (κ3) is 3.15. The van der Waals surface area contributed by atoms with E-state index >= 15 is 0 Å². The van der Waals surface area contributed by atoms with Crippen molar-refractivity contribution in [1.29, 1.82) is 0 Å². The molecule has 20 heavy (non-hydrogen) atoms. The van der Waals surface area contributed by atoms with Gasteiger partial charge in [-0.15, -0.1) is 11.8 Å². The standard InChI is InChI=1S/C14H16ClNO2S2/c1-3-4-5-6-7-19-12-8(2)10(17)13-9(11(12)18)16-14(15)20-13/h3-7H2,1-2H3. The molecule has 0 aromatic carbocycles. The summed E-state index contributed by atoms with van der Waals surface area (Å²) in [6.45, 7) is 3.88. The highest BCUT2D eigenvalue weighted by Gasteiger charge is 2.33. The summed E-state index contributed by atoms with van der Waals surface area (Å²) in [5.41, 5.74) is 0.759. The van der Waals surface area contributed by atoms with Crippen molar-refractivity contribution in [2.45, 2.75) is 39.5 Å². The zero-order chi connectivity index (χ0) is 14.7. The molecule has 1 heterocycles. The van der Waals surface area contributed by atoms with Crippen LogP contribution in [-0.2, 0) is 0 Å². The Morgan fingerprint density at radius 3 is 2.65 bits per heavy atom. The first kappa shape index (κ1) is 15.7. The molecular weight excluding hydrogens is 314 g/mol. The second kappa shape index (κ2) is 6.87. The highest BCUT2D eigenvalue weighted by Crippen LogP contribution is 2.36. The molecule has 0 amide bonds. The van der Waals surface area contributed by atoms with Crippen molar-refractivity contribution in [2.75, 3.05) is 5.75 Å². The van der Waals surface area contributed by atoms with Crippen LogP contribution in [-0.4, -0.2) is 22.3 Å².